The van der Waals surface area contributed by atoms with Crippen LogP contribution in [0.4, 0.5) is 0 Å². The monoisotopic (exact) mass is 228 g/mol. The van der Waals surface area contributed by atoms with Gasteiger partial charge in [0.1, 0.15) is 6.33 Å². The largest absolute Gasteiger partial charge is 0.382 e. The van der Waals surface area contributed by atoms with Crippen LogP contribution in [0.2, 0.25) is 0 Å². The third kappa shape index (κ3) is 5.20. The van der Waals surface area contributed by atoms with Gasteiger partial charge < -0.3 is 14.8 Å². The molecule has 0 bridgehead atoms. The van der Waals surface area contributed by atoms with Gasteiger partial charge in [-0.15, -0.1) is 0 Å². The highest BCUT2D eigenvalue weighted by Crippen LogP contribution is 1.90. The Morgan fingerprint density at radius 2 is 2.25 bits per heavy atom. The molecule has 0 aliphatic heterocycles. The predicted octanol–water partition coefficient (Wildman–Crippen LogP) is 0.0506. The first kappa shape index (κ1) is 13.1. The second-order valence-corrected chi connectivity index (χ2v) is 3.31. The van der Waals surface area contributed by atoms with Gasteiger partial charge in [0.15, 0.2) is 5.82 Å². The van der Waals surface area contributed by atoms with Crippen molar-refractivity contribution in [2.24, 2.45) is 0 Å². The van der Waals surface area contributed by atoms with E-state index in [1.165, 1.54) is 0 Å². The zero-order valence-corrected chi connectivity index (χ0v) is 9.98. The van der Waals surface area contributed by atoms with Crippen molar-refractivity contribution >= 4 is 0 Å². The lowest BCUT2D eigenvalue weighted by molar-refractivity contribution is 0.0653. The zero-order chi connectivity index (χ0) is 11.6. The minimum atomic E-state index is 0.620. The molecule has 0 amide bonds. The maximum atomic E-state index is 5.34. The SMILES string of the molecule is CCNCc1ncn(CCOCCOC)n1. The van der Waals surface area contributed by atoms with Crippen LogP contribution in [0.15, 0.2) is 6.33 Å². The molecular weight excluding hydrogens is 208 g/mol. The number of nitrogens with zero attached hydrogens (tertiary/aromatic N) is 3. The van der Waals surface area contributed by atoms with E-state index < -0.39 is 0 Å². The molecule has 0 radical (unpaired) electrons. The molecular formula is C10H20N4O2. The van der Waals surface area contributed by atoms with Gasteiger partial charge in [-0.3, -0.25) is 4.68 Å². The van der Waals surface area contributed by atoms with Gasteiger partial charge in [-0.1, -0.05) is 6.92 Å². The Morgan fingerprint density at radius 3 is 3.00 bits per heavy atom. The summed E-state index contributed by atoms with van der Waals surface area (Å²) >= 11 is 0. The summed E-state index contributed by atoms with van der Waals surface area (Å²) in [5, 5.41) is 7.47. The summed E-state index contributed by atoms with van der Waals surface area (Å²) in [5.74, 6) is 0.818. The molecule has 92 valence electrons. The Kier molecular flexibility index (Phi) is 6.71. The van der Waals surface area contributed by atoms with Gasteiger partial charge in [-0.25, -0.2) is 4.98 Å². The molecule has 1 N–H and O–H groups in total. The van der Waals surface area contributed by atoms with Crippen molar-refractivity contribution in [3.8, 4) is 0 Å². The Balaban J connectivity index is 2.14. The Hall–Kier alpha value is -0.980. The van der Waals surface area contributed by atoms with E-state index in [9.17, 15) is 0 Å². The number of ether oxygens (including phenoxy) is 2. The molecule has 0 aliphatic carbocycles. The Labute approximate surface area is 96.0 Å². The second kappa shape index (κ2) is 8.20. The minimum Gasteiger partial charge on any atom is -0.382 e. The van der Waals surface area contributed by atoms with Crippen molar-refractivity contribution < 1.29 is 9.47 Å². The summed E-state index contributed by atoms with van der Waals surface area (Å²) in [6, 6.07) is 0. The van der Waals surface area contributed by atoms with Crippen LogP contribution in [0, 0.1) is 0 Å². The summed E-state index contributed by atoms with van der Waals surface area (Å²) < 4.78 is 12.0. The van der Waals surface area contributed by atoms with Crippen molar-refractivity contribution in [1.29, 1.82) is 0 Å². The quantitative estimate of drug-likeness (QED) is 0.605. The molecule has 1 aromatic heterocycles. The number of hydrogen-bond acceptors (Lipinski definition) is 5. The maximum Gasteiger partial charge on any atom is 0.164 e. The van der Waals surface area contributed by atoms with Gasteiger partial charge in [-0.05, 0) is 6.54 Å². The van der Waals surface area contributed by atoms with E-state index >= 15 is 0 Å². The first-order valence-corrected chi connectivity index (χ1v) is 5.52. The summed E-state index contributed by atoms with van der Waals surface area (Å²) in [7, 11) is 1.66. The smallest absolute Gasteiger partial charge is 0.164 e. The lowest BCUT2D eigenvalue weighted by Gasteiger charge is -2.02. The van der Waals surface area contributed by atoms with E-state index in [1.807, 2.05) is 0 Å². The summed E-state index contributed by atoms with van der Waals surface area (Å²) in [6.45, 7) is 6.30. The number of aromatic nitrogens is 3. The molecule has 0 atom stereocenters. The van der Waals surface area contributed by atoms with Gasteiger partial charge >= 0.3 is 0 Å². The summed E-state index contributed by atoms with van der Waals surface area (Å²) in [6.07, 6.45) is 1.73. The molecule has 6 heteroatoms. The van der Waals surface area contributed by atoms with Gasteiger partial charge in [0, 0.05) is 7.11 Å². The number of nitrogens with one attached hydrogen (secondary N) is 1. The number of hydrogen-bond donors (Lipinski definition) is 1. The molecule has 16 heavy (non-hydrogen) atoms. The van der Waals surface area contributed by atoms with Crippen LogP contribution in [0.5, 0.6) is 0 Å². The standard InChI is InChI=1S/C10H20N4O2/c1-3-11-8-10-12-9-14(13-10)4-5-16-7-6-15-2/h9,11H,3-8H2,1-2H3. The van der Waals surface area contributed by atoms with Crippen molar-refractivity contribution in [3.05, 3.63) is 12.2 Å². The van der Waals surface area contributed by atoms with Gasteiger partial charge in [0.2, 0.25) is 0 Å². The lowest BCUT2D eigenvalue weighted by atomic mass is 10.6. The maximum absolute atomic E-state index is 5.34. The van der Waals surface area contributed by atoms with Crippen LogP contribution in [0.1, 0.15) is 12.7 Å². The normalized spacial score (nSPS) is 10.9. The van der Waals surface area contributed by atoms with Crippen molar-refractivity contribution in [1.82, 2.24) is 20.1 Å². The van der Waals surface area contributed by atoms with Gasteiger partial charge in [-0.2, -0.15) is 5.10 Å². The van der Waals surface area contributed by atoms with Crippen molar-refractivity contribution in [2.75, 3.05) is 33.5 Å². The molecule has 0 fully saturated rings. The minimum absolute atomic E-state index is 0.620. The van der Waals surface area contributed by atoms with Crippen molar-refractivity contribution in [3.63, 3.8) is 0 Å². The van der Waals surface area contributed by atoms with E-state index in [4.69, 9.17) is 9.47 Å². The van der Waals surface area contributed by atoms with E-state index in [0.29, 0.717) is 26.4 Å². The molecule has 0 saturated heterocycles. The summed E-state index contributed by atoms with van der Waals surface area (Å²) in [4.78, 5) is 4.18. The van der Waals surface area contributed by atoms with E-state index in [2.05, 4.69) is 22.3 Å². The highest BCUT2D eigenvalue weighted by Gasteiger charge is 1.99. The van der Waals surface area contributed by atoms with E-state index in [0.717, 1.165) is 18.9 Å². The van der Waals surface area contributed by atoms with Crippen LogP contribution >= 0.6 is 0 Å². The molecule has 0 unspecified atom stereocenters. The van der Waals surface area contributed by atoms with Crippen LogP contribution in [-0.2, 0) is 22.6 Å². The average molecular weight is 228 g/mol. The molecule has 0 aromatic carbocycles. The first-order chi connectivity index (χ1) is 7.86. The van der Waals surface area contributed by atoms with Crippen molar-refractivity contribution in [2.45, 2.75) is 20.0 Å². The Bertz CT molecular complexity index is 278. The van der Waals surface area contributed by atoms with E-state index in [1.54, 1.807) is 18.1 Å². The highest BCUT2D eigenvalue weighted by molar-refractivity contribution is 4.80. The molecule has 1 heterocycles. The fourth-order valence-corrected chi connectivity index (χ4v) is 1.16. The number of rotatable bonds is 9. The fourth-order valence-electron chi connectivity index (χ4n) is 1.16. The third-order valence-electron chi connectivity index (χ3n) is 2.01. The van der Waals surface area contributed by atoms with Gasteiger partial charge in [0.25, 0.3) is 0 Å². The van der Waals surface area contributed by atoms with Crippen LogP contribution < -0.4 is 5.32 Å². The molecule has 1 aromatic rings. The Morgan fingerprint density at radius 1 is 1.38 bits per heavy atom. The molecule has 0 saturated carbocycles. The molecule has 6 nitrogen and oxygen atoms in total. The fraction of sp³-hybridized carbons (Fsp3) is 0.800. The second-order valence-electron chi connectivity index (χ2n) is 3.31. The van der Waals surface area contributed by atoms with E-state index in [-0.39, 0.29) is 0 Å². The van der Waals surface area contributed by atoms with Gasteiger partial charge in [0.05, 0.1) is 32.9 Å². The van der Waals surface area contributed by atoms with Crippen LogP contribution in [-0.4, -0.2) is 48.2 Å². The average Bonchev–Trinajstić information content (AvgIpc) is 2.74. The number of methoxy groups -OCH3 is 1. The molecule has 1 rings (SSSR count). The third-order valence-corrected chi connectivity index (χ3v) is 2.01. The zero-order valence-electron chi connectivity index (χ0n) is 9.98. The molecule has 0 aliphatic rings. The van der Waals surface area contributed by atoms with Crippen LogP contribution in [0.25, 0.3) is 0 Å². The summed E-state index contributed by atoms with van der Waals surface area (Å²) in [5.41, 5.74) is 0. The first-order valence-electron chi connectivity index (χ1n) is 5.52. The highest BCUT2D eigenvalue weighted by atomic mass is 16.5. The predicted molar refractivity (Wildman–Crippen MR) is 60.1 cm³/mol. The topological polar surface area (TPSA) is 61.2 Å². The lowest BCUT2D eigenvalue weighted by Crippen LogP contribution is -2.14. The molecule has 0 spiro atoms. The van der Waals surface area contributed by atoms with Crippen LogP contribution in [0.3, 0.4) is 0 Å².